The Bertz CT molecular complexity index is 782. The number of amides is 4. The number of halogens is 2. The molecule has 0 atom stereocenters. The van der Waals surface area contributed by atoms with E-state index in [0.29, 0.717) is 26.3 Å². The minimum absolute atomic E-state index is 0.106. The summed E-state index contributed by atoms with van der Waals surface area (Å²) in [4.78, 5) is 53.2. The van der Waals surface area contributed by atoms with Crippen molar-refractivity contribution in [2.45, 2.75) is 0 Å². The van der Waals surface area contributed by atoms with Gasteiger partial charge in [-0.05, 0) is 12.1 Å². The molecule has 0 N–H and O–H groups in total. The Morgan fingerprint density at radius 3 is 2.11 bits per heavy atom. The van der Waals surface area contributed by atoms with Gasteiger partial charge in [0.2, 0.25) is 11.8 Å². The molecule has 10 heteroatoms. The monoisotopic (exact) mass is 413 g/mol. The third-order valence-electron chi connectivity index (χ3n) is 4.47. The molecule has 1 aromatic rings. The summed E-state index contributed by atoms with van der Waals surface area (Å²) in [5, 5.41) is 0.302. The van der Waals surface area contributed by atoms with E-state index in [4.69, 9.17) is 27.9 Å². The van der Waals surface area contributed by atoms with E-state index in [-0.39, 0.29) is 33.6 Å². The van der Waals surface area contributed by atoms with E-state index in [2.05, 4.69) is 0 Å². The highest BCUT2D eigenvalue weighted by Gasteiger charge is 2.38. The molecule has 0 aliphatic carbocycles. The van der Waals surface area contributed by atoms with E-state index in [1.165, 1.54) is 24.1 Å². The van der Waals surface area contributed by atoms with Crippen LogP contribution in [0.15, 0.2) is 12.1 Å². The number of imide groups is 1. The molecule has 3 rings (SSSR count). The Morgan fingerprint density at radius 1 is 1.07 bits per heavy atom. The summed E-state index contributed by atoms with van der Waals surface area (Å²) in [5.41, 5.74) is 0.212. The first-order chi connectivity index (χ1) is 12.8. The van der Waals surface area contributed by atoms with Gasteiger partial charge in [0.25, 0.3) is 11.8 Å². The van der Waals surface area contributed by atoms with E-state index in [1.807, 2.05) is 0 Å². The fraction of sp³-hybridized carbons (Fsp3) is 0.412. The van der Waals surface area contributed by atoms with Crippen LogP contribution in [0.2, 0.25) is 10.0 Å². The second kappa shape index (κ2) is 7.84. The molecule has 0 bridgehead atoms. The van der Waals surface area contributed by atoms with Gasteiger partial charge in [-0.15, -0.1) is 0 Å². The highest BCUT2D eigenvalue weighted by atomic mass is 35.5. The molecule has 1 aromatic carbocycles. The van der Waals surface area contributed by atoms with E-state index < -0.39 is 24.3 Å². The molecule has 8 nitrogen and oxygen atoms in total. The van der Waals surface area contributed by atoms with Gasteiger partial charge in [0, 0.05) is 20.1 Å². The van der Waals surface area contributed by atoms with Crippen molar-refractivity contribution in [3.8, 4) is 0 Å². The Kier molecular flexibility index (Phi) is 5.69. The van der Waals surface area contributed by atoms with Crippen molar-refractivity contribution < 1.29 is 23.9 Å². The predicted octanol–water partition coefficient (Wildman–Crippen LogP) is 0.907. The number of carbonyl (C=O) groups excluding carboxylic acids is 4. The van der Waals surface area contributed by atoms with Gasteiger partial charge in [-0.3, -0.25) is 24.1 Å². The Hall–Kier alpha value is -2.16. The summed E-state index contributed by atoms with van der Waals surface area (Å²) in [6, 6.07) is 2.63. The Morgan fingerprint density at radius 2 is 1.59 bits per heavy atom. The normalized spacial score (nSPS) is 16.6. The number of carbonyl (C=O) groups is 4. The van der Waals surface area contributed by atoms with Crippen LogP contribution in [0.1, 0.15) is 20.7 Å². The third kappa shape index (κ3) is 3.92. The van der Waals surface area contributed by atoms with E-state index in [1.54, 1.807) is 4.90 Å². The van der Waals surface area contributed by atoms with Crippen molar-refractivity contribution in [2.75, 3.05) is 46.4 Å². The number of ether oxygens (including phenoxy) is 1. The fourth-order valence-corrected chi connectivity index (χ4v) is 3.21. The zero-order valence-corrected chi connectivity index (χ0v) is 16.0. The first-order valence-electron chi connectivity index (χ1n) is 8.24. The van der Waals surface area contributed by atoms with Crippen molar-refractivity contribution in [2.24, 2.45) is 0 Å². The first-order valence-corrected chi connectivity index (χ1v) is 9.00. The quantitative estimate of drug-likeness (QED) is 0.684. The van der Waals surface area contributed by atoms with Crippen LogP contribution in [0.5, 0.6) is 0 Å². The number of benzene rings is 1. The van der Waals surface area contributed by atoms with Crippen molar-refractivity contribution in [1.29, 1.82) is 0 Å². The number of hydrogen-bond donors (Lipinski definition) is 0. The zero-order valence-electron chi connectivity index (χ0n) is 14.5. The first kappa shape index (κ1) is 19.6. The van der Waals surface area contributed by atoms with Gasteiger partial charge in [0.05, 0.1) is 40.9 Å². The maximum atomic E-state index is 12.4. The van der Waals surface area contributed by atoms with Gasteiger partial charge < -0.3 is 14.5 Å². The standard InChI is InChI=1S/C17H17Cl2N3O5/c1-20(8-15(24)21-2-4-27-5-3-21)14(23)9-22-16(25)10-6-12(18)13(19)7-11(10)17(22)26/h6-7H,2-5,8-9H2,1H3. The fourth-order valence-electron chi connectivity index (χ4n) is 2.89. The smallest absolute Gasteiger partial charge is 0.262 e. The lowest BCUT2D eigenvalue weighted by molar-refractivity contribution is -0.141. The highest BCUT2D eigenvalue weighted by molar-refractivity contribution is 6.43. The maximum absolute atomic E-state index is 12.4. The molecule has 144 valence electrons. The summed E-state index contributed by atoms with van der Waals surface area (Å²) in [6.45, 7) is 1.27. The Labute approximate surface area is 165 Å². The van der Waals surface area contributed by atoms with Crippen LogP contribution < -0.4 is 0 Å². The topological polar surface area (TPSA) is 87.2 Å². The van der Waals surface area contributed by atoms with Gasteiger partial charge in [-0.1, -0.05) is 23.2 Å². The second-order valence-corrected chi connectivity index (χ2v) is 7.07. The number of likely N-dealkylation sites (N-methyl/N-ethyl adjacent to an activating group) is 1. The molecule has 0 unspecified atom stereocenters. The molecule has 2 aliphatic heterocycles. The number of morpholine rings is 1. The molecule has 1 saturated heterocycles. The van der Waals surface area contributed by atoms with Gasteiger partial charge in [-0.2, -0.15) is 0 Å². The number of rotatable bonds is 4. The molecular weight excluding hydrogens is 397 g/mol. The summed E-state index contributed by atoms with van der Waals surface area (Å²) >= 11 is 11.8. The lowest BCUT2D eigenvalue weighted by Gasteiger charge is -2.29. The van der Waals surface area contributed by atoms with Crippen LogP contribution in [-0.4, -0.2) is 84.8 Å². The number of nitrogens with zero attached hydrogens (tertiary/aromatic N) is 3. The molecule has 2 heterocycles. The molecule has 2 aliphatic rings. The third-order valence-corrected chi connectivity index (χ3v) is 5.19. The predicted molar refractivity (Wildman–Crippen MR) is 96.9 cm³/mol. The molecule has 0 radical (unpaired) electrons. The summed E-state index contributed by atoms with van der Waals surface area (Å²) in [7, 11) is 1.45. The summed E-state index contributed by atoms with van der Waals surface area (Å²) in [6.07, 6.45) is 0. The minimum atomic E-state index is -0.616. The van der Waals surface area contributed by atoms with Gasteiger partial charge in [0.15, 0.2) is 0 Å². The molecular formula is C17H17Cl2N3O5. The van der Waals surface area contributed by atoms with E-state index >= 15 is 0 Å². The van der Waals surface area contributed by atoms with Gasteiger partial charge in [-0.25, -0.2) is 0 Å². The van der Waals surface area contributed by atoms with Crippen LogP contribution in [-0.2, 0) is 14.3 Å². The van der Waals surface area contributed by atoms with Crippen LogP contribution in [0, 0.1) is 0 Å². The average molecular weight is 414 g/mol. The second-order valence-electron chi connectivity index (χ2n) is 6.25. The summed E-state index contributed by atoms with van der Waals surface area (Å²) < 4.78 is 5.19. The van der Waals surface area contributed by atoms with Crippen molar-refractivity contribution in [3.05, 3.63) is 33.3 Å². The van der Waals surface area contributed by atoms with Crippen molar-refractivity contribution >= 4 is 46.8 Å². The van der Waals surface area contributed by atoms with Crippen LogP contribution >= 0.6 is 23.2 Å². The molecule has 0 spiro atoms. The average Bonchev–Trinajstić information content (AvgIpc) is 2.87. The lowest BCUT2D eigenvalue weighted by Crippen LogP contribution is -2.48. The number of fused-ring (bicyclic) bond motifs is 1. The van der Waals surface area contributed by atoms with E-state index in [0.717, 1.165) is 4.90 Å². The largest absolute Gasteiger partial charge is 0.378 e. The van der Waals surface area contributed by atoms with Gasteiger partial charge in [0.1, 0.15) is 6.54 Å². The van der Waals surface area contributed by atoms with Crippen LogP contribution in [0.3, 0.4) is 0 Å². The Balaban J connectivity index is 1.64. The van der Waals surface area contributed by atoms with Crippen LogP contribution in [0.25, 0.3) is 0 Å². The number of hydrogen-bond acceptors (Lipinski definition) is 5. The van der Waals surface area contributed by atoms with Crippen LogP contribution in [0.4, 0.5) is 0 Å². The van der Waals surface area contributed by atoms with Crippen molar-refractivity contribution in [3.63, 3.8) is 0 Å². The molecule has 1 fully saturated rings. The van der Waals surface area contributed by atoms with E-state index in [9.17, 15) is 19.2 Å². The minimum Gasteiger partial charge on any atom is -0.378 e. The summed E-state index contributed by atoms with van der Waals surface area (Å²) in [5.74, 6) is -1.97. The lowest BCUT2D eigenvalue weighted by atomic mass is 10.1. The highest BCUT2D eigenvalue weighted by Crippen LogP contribution is 2.31. The van der Waals surface area contributed by atoms with Gasteiger partial charge >= 0.3 is 0 Å². The molecule has 0 aromatic heterocycles. The molecule has 0 saturated carbocycles. The molecule has 4 amide bonds. The molecule has 27 heavy (non-hydrogen) atoms. The zero-order chi connectivity index (χ0) is 19.7. The van der Waals surface area contributed by atoms with Crippen molar-refractivity contribution in [1.82, 2.24) is 14.7 Å². The maximum Gasteiger partial charge on any atom is 0.262 e. The SMILES string of the molecule is CN(CC(=O)N1CCOCC1)C(=O)CN1C(=O)c2cc(Cl)c(Cl)cc2C1=O.